The third-order valence-corrected chi connectivity index (χ3v) is 5.63. The minimum atomic E-state index is -1.43. The van der Waals surface area contributed by atoms with E-state index in [4.69, 9.17) is 4.74 Å². The minimum absolute atomic E-state index is 0.190. The molecule has 0 spiro atoms. The Labute approximate surface area is 113 Å². The molecule has 2 fully saturated rings. The number of ether oxygens (including phenoxy) is 1. The van der Waals surface area contributed by atoms with E-state index in [0.717, 1.165) is 12.0 Å². The summed E-state index contributed by atoms with van der Waals surface area (Å²) >= 11 is 0. The van der Waals surface area contributed by atoms with Gasteiger partial charge in [-0.25, -0.2) is 0 Å². The lowest BCUT2D eigenvalue weighted by Gasteiger charge is -2.55. The van der Waals surface area contributed by atoms with E-state index >= 15 is 0 Å². The van der Waals surface area contributed by atoms with Crippen molar-refractivity contribution in [2.45, 2.75) is 50.6 Å². The summed E-state index contributed by atoms with van der Waals surface area (Å²) in [6.45, 7) is 8.09. The maximum atomic E-state index is 10.9. The highest BCUT2D eigenvalue weighted by molar-refractivity contribution is 5.40. The van der Waals surface area contributed by atoms with Crippen LogP contribution in [0.4, 0.5) is 0 Å². The second kappa shape index (κ2) is 3.92. The average Bonchev–Trinajstić information content (AvgIpc) is 2.67. The lowest BCUT2D eigenvalue weighted by Crippen LogP contribution is -2.63. The third-order valence-electron chi connectivity index (χ3n) is 5.63. The normalized spacial score (nSPS) is 53.5. The predicted molar refractivity (Wildman–Crippen MR) is 70.4 cm³/mol. The fourth-order valence-corrected chi connectivity index (χ4v) is 4.00. The first kappa shape index (κ1) is 13.3. The fourth-order valence-electron chi connectivity index (χ4n) is 4.00. The Morgan fingerprint density at radius 1 is 1.37 bits per heavy atom. The van der Waals surface area contributed by atoms with E-state index in [1.54, 1.807) is 0 Å². The summed E-state index contributed by atoms with van der Waals surface area (Å²) in [6.07, 6.45) is 1.19. The molecule has 3 aliphatic rings. The van der Waals surface area contributed by atoms with Crippen LogP contribution in [0.25, 0.3) is 0 Å². The first-order chi connectivity index (χ1) is 8.82. The van der Waals surface area contributed by atoms with Crippen LogP contribution in [0.1, 0.15) is 26.7 Å². The third kappa shape index (κ3) is 1.43. The van der Waals surface area contributed by atoms with Crippen molar-refractivity contribution in [2.75, 3.05) is 6.61 Å². The fraction of sp³-hybridized carbons (Fsp3) is 0.733. The largest absolute Gasteiger partial charge is 0.389 e. The molecule has 1 aliphatic heterocycles. The van der Waals surface area contributed by atoms with Crippen LogP contribution in [0.5, 0.6) is 0 Å². The Bertz CT molecular complexity index is 457. The van der Waals surface area contributed by atoms with Gasteiger partial charge in [0, 0.05) is 5.41 Å². The zero-order chi connectivity index (χ0) is 14.0. The molecular weight excluding hydrogens is 244 g/mol. The van der Waals surface area contributed by atoms with Crippen LogP contribution in [-0.2, 0) is 4.74 Å². The van der Waals surface area contributed by atoms with Crippen molar-refractivity contribution in [2.24, 2.45) is 11.3 Å². The van der Waals surface area contributed by atoms with Crippen LogP contribution < -0.4 is 0 Å². The molecule has 19 heavy (non-hydrogen) atoms. The zero-order valence-electron chi connectivity index (χ0n) is 11.5. The first-order valence-electron chi connectivity index (χ1n) is 6.93. The van der Waals surface area contributed by atoms with Crippen LogP contribution in [0.15, 0.2) is 23.8 Å². The van der Waals surface area contributed by atoms with Gasteiger partial charge in [-0.3, -0.25) is 0 Å². The molecule has 0 radical (unpaired) electrons. The van der Waals surface area contributed by atoms with E-state index in [1.165, 1.54) is 0 Å². The van der Waals surface area contributed by atoms with E-state index < -0.39 is 29.3 Å². The first-order valence-corrected chi connectivity index (χ1v) is 6.93. The van der Waals surface area contributed by atoms with Gasteiger partial charge in [0.2, 0.25) is 0 Å². The van der Waals surface area contributed by atoms with Gasteiger partial charge in [-0.15, -0.1) is 0 Å². The Hall–Kier alpha value is -0.680. The van der Waals surface area contributed by atoms with Gasteiger partial charge in [-0.05, 0) is 29.9 Å². The predicted octanol–water partition coefficient (Wildman–Crippen LogP) is 0.770. The minimum Gasteiger partial charge on any atom is -0.389 e. The lowest BCUT2D eigenvalue weighted by atomic mass is 9.54. The summed E-state index contributed by atoms with van der Waals surface area (Å²) in [5.41, 5.74) is -0.722. The van der Waals surface area contributed by atoms with Gasteiger partial charge in [0.05, 0.1) is 18.8 Å². The van der Waals surface area contributed by atoms with Crippen molar-refractivity contribution < 1.29 is 20.1 Å². The van der Waals surface area contributed by atoms with Gasteiger partial charge in [0.15, 0.2) is 0 Å². The van der Waals surface area contributed by atoms with Crippen molar-refractivity contribution in [3.8, 4) is 0 Å². The molecule has 0 unspecified atom stereocenters. The van der Waals surface area contributed by atoms with Gasteiger partial charge >= 0.3 is 0 Å². The van der Waals surface area contributed by atoms with E-state index in [9.17, 15) is 15.3 Å². The maximum absolute atomic E-state index is 10.9. The molecule has 1 saturated carbocycles. The van der Waals surface area contributed by atoms with Gasteiger partial charge in [-0.1, -0.05) is 26.5 Å². The quantitative estimate of drug-likeness (QED) is 0.566. The van der Waals surface area contributed by atoms with Crippen LogP contribution in [0.3, 0.4) is 0 Å². The Balaban J connectivity index is 2.16. The molecule has 3 N–H and O–H groups in total. The Morgan fingerprint density at radius 3 is 2.74 bits per heavy atom. The van der Waals surface area contributed by atoms with Crippen LogP contribution in [-0.4, -0.2) is 45.8 Å². The summed E-state index contributed by atoms with van der Waals surface area (Å²) in [5.74, 6) is 0.190. The van der Waals surface area contributed by atoms with Crippen molar-refractivity contribution >= 4 is 0 Å². The van der Waals surface area contributed by atoms with E-state index in [-0.39, 0.29) is 12.5 Å². The number of rotatable bonds is 0. The molecular formula is C15H22O4. The molecule has 0 bridgehead atoms. The molecule has 1 heterocycles. The summed E-state index contributed by atoms with van der Waals surface area (Å²) in [7, 11) is 0. The van der Waals surface area contributed by atoms with Crippen molar-refractivity contribution in [3.05, 3.63) is 23.8 Å². The van der Waals surface area contributed by atoms with Crippen LogP contribution >= 0.6 is 0 Å². The van der Waals surface area contributed by atoms with Gasteiger partial charge in [-0.2, -0.15) is 0 Å². The maximum Gasteiger partial charge on any atom is 0.144 e. The number of hydrogen-bond acceptors (Lipinski definition) is 4. The molecule has 3 rings (SSSR count). The van der Waals surface area contributed by atoms with Gasteiger partial charge in [0.1, 0.15) is 11.7 Å². The van der Waals surface area contributed by atoms with Crippen molar-refractivity contribution in [1.82, 2.24) is 0 Å². The van der Waals surface area contributed by atoms with E-state index in [2.05, 4.69) is 13.5 Å². The molecule has 4 heteroatoms. The summed E-state index contributed by atoms with van der Waals surface area (Å²) in [5, 5.41) is 31.9. The summed E-state index contributed by atoms with van der Waals surface area (Å²) in [6, 6.07) is 0. The van der Waals surface area contributed by atoms with Crippen molar-refractivity contribution in [3.63, 3.8) is 0 Å². The monoisotopic (exact) mass is 266 g/mol. The molecule has 0 amide bonds. The summed E-state index contributed by atoms with van der Waals surface area (Å²) in [4.78, 5) is 0. The zero-order valence-corrected chi connectivity index (χ0v) is 11.5. The number of hydrogen-bond donors (Lipinski definition) is 3. The number of aliphatic hydroxyl groups excluding tert-OH is 2. The van der Waals surface area contributed by atoms with Crippen molar-refractivity contribution in [1.29, 1.82) is 0 Å². The van der Waals surface area contributed by atoms with E-state index in [1.807, 2.05) is 13.0 Å². The van der Waals surface area contributed by atoms with E-state index in [0.29, 0.717) is 12.0 Å². The summed E-state index contributed by atoms with van der Waals surface area (Å²) < 4.78 is 5.52. The molecule has 4 nitrogen and oxygen atoms in total. The highest BCUT2D eigenvalue weighted by atomic mass is 16.5. The molecule has 2 aliphatic carbocycles. The Kier molecular flexibility index (Phi) is 2.74. The molecule has 1 saturated heterocycles. The molecule has 0 aromatic heterocycles. The Morgan fingerprint density at radius 2 is 2.05 bits per heavy atom. The van der Waals surface area contributed by atoms with Gasteiger partial charge < -0.3 is 20.1 Å². The number of aliphatic hydroxyl groups is 3. The van der Waals surface area contributed by atoms with Gasteiger partial charge in [0.25, 0.3) is 0 Å². The topological polar surface area (TPSA) is 69.9 Å². The number of fused-ring (bicyclic) bond motifs is 2. The second-order valence-electron chi connectivity index (χ2n) is 6.46. The highest BCUT2D eigenvalue weighted by Gasteiger charge is 2.63. The smallest absolute Gasteiger partial charge is 0.144 e. The molecule has 0 aromatic rings. The highest BCUT2D eigenvalue weighted by Crippen LogP contribution is 2.56. The SMILES string of the molecule is C=C1CO[C@H]2C=C3[C@@H](O)CC[C@@H](C)[C@]3(C)[C@H](O)[C@@]12O. The average molecular weight is 266 g/mol. The molecule has 0 aromatic carbocycles. The molecule has 6 atom stereocenters. The lowest BCUT2D eigenvalue weighted by molar-refractivity contribution is -0.156. The van der Waals surface area contributed by atoms with Crippen LogP contribution in [0.2, 0.25) is 0 Å². The standard InChI is InChI=1S/C15H22O4/c1-8-4-5-11(16)10-6-12-15(18,9(2)7-19-12)13(17)14(8,10)3/h6,8,11-13,16-18H,2,4-5,7H2,1,3H3/t8-,11+,12+,13+,14+,15-/m1/s1. The van der Waals surface area contributed by atoms with Crippen LogP contribution in [0, 0.1) is 11.3 Å². The second-order valence-corrected chi connectivity index (χ2v) is 6.46. The molecule has 106 valence electrons.